The molecule has 0 atom stereocenters. The lowest BCUT2D eigenvalue weighted by Crippen LogP contribution is -2.38. The van der Waals surface area contributed by atoms with Crippen molar-refractivity contribution in [3.05, 3.63) is 0 Å². The van der Waals surface area contributed by atoms with Crippen LogP contribution in [-0.4, -0.2) is 36.7 Å². The average molecular weight is 201 g/mol. The highest BCUT2D eigenvalue weighted by Crippen LogP contribution is 2.05. The maximum absolute atomic E-state index is 5.47. The molecule has 0 aliphatic heterocycles. The monoisotopic (exact) mass is 201 g/mol. The first kappa shape index (κ1) is 13.9. The first-order valence-electron chi connectivity index (χ1n) is 5.93. The van der Waals surface area contributed by atoms with Crippen molar-refractivity contribution in [1.29, 1.82) is 0 Å². The van der Waals surface area contributed by atoms with E-state index in [4.69, 9.17) is 4.74 Å². The van der Waals surface area contributed by atoms with Gasteiger partial charge in [-0.05, 0) is 40.5 Å². The lowest BCUT2D eigenvalue weighted by molar-refractivity contribution is 0.106. The smallest absolute Gasteiger partial charge is 0.0478 e. The van der Waals surface area contributed by atoms with Crippen LogP contribution in [0.4, 0.5) is 0 Å². The second kappa shape index (κ2) is 8.25. The molecule has 86 valence electrons. The molecular formula is C12H27NO. The minimum Gasteiger partial charge on any atom is -0.381 e. The molecule has 0 amide bonds. The Labute approximate surface area is 89.6 Å². The standard InChI is InChI=1S/C12H27NO/c1-6-9-14-10-7-8-13(11(2)3)12(4)5/h11-12H,6-10H2,1-5H3. The fourth-order valence-electron chi connectivity index (χ4n) is 1.71. The van der Waals surface area contributed by atoms with Crippen LogP contribution in [0.25, 0.3) is 0 Å². The molecule has 0 aromatic rings. The van der Waals surface area contributed by atoms with Gasteiger partial charge in [-0.25, -0.2) is 0 Å². The predicted octanol–water partition coefficient (Wildman–Crippen LogP) is 2.92. The van der Waals surface area contributed by atoms with Crippen molar-refractivity contribution < 1.29 is 4.74 Å². The molecule has 14 heavy (non-hydrogen) atoms. The second-order valence-electron chi connectivity index (χ2n) is 4.39. The van der Waals surface area contributed by atoms with E-state index >= 15 is 0 Å². The fourth-order valence-corrected chi connectivity index (χ4v) is 1.71. The molecule has 0 aliphatic rings. The molecule has 0 saturated heterocycles. The summed E-state index contributed by atoms with van der Waals surface area (Å²) in [6, 6.07) is 1.28. The molecule has 2 nitrogen and oxygen atoms in total. The summed E-state index contributed by atoms with van der Waals surface area (Å²) < 4.78 is 5.47. The third-order valence-electron chi connectivity index (χ3n) is 2.38. The number of hydrogen-bond acceptors (Lipinski definition) is 2. The average Bonchev–Trinajstić information content (AvgIpc) is 2.09. The van der Waals surface area contributed by atoms with Gasteiger partial charge in [-0.15, -0.1) is 0 Å². The van der Waals surface area contributed by atoms with E-state index in [1.54, 1.807) is 0 Å². The first-order valence-corrected chi connectivity index (χ1v) is 5.93. The van der Waals surface area contributed by atoms with Gasteiger partial charge in [-0.1, -0.05) is 6.92 Å². The summed E-state index contributed by atoms with van der Waals surface area (Å²) in [5.74, 6) is 0. The molecule has 0 bridgehead atoms. The van der Waals surface area contributed by atoms with Crippen LogP contribution in [0.3, 0.4) is 0 Å². The van der Waals surface area contributed by atoms with Gasteiger partial charge in [0, 0.05) is 31.8 Å². The zero-order chi connectivity index (χ0) is 11.0. The summed E-state index contributed by atoms with van der Waals surface area (Å²) in [5, 5.41) is 0. The zero-order valence-electron chi connectivity index (χ0n) is 10.5. The van der Waals surface area contributed by atoms with Crippen LogP contribution in [0, 0.1) is 0 Å². The van der Waals surface area contributed by atoms with Gasteiger partial charge in [0.1, 0.15) is 0 Å². The molecular weight excluding hydrogens is 174 g/mol. The van der Waals surface area contributed by atoms with Crippen molar-refractivity contribution in [2.45, 2.75) is 59.5 Å². The van der Waals surface area contributed by atoms with Crippen LogP contribution in [-0.2, 0) is 4.74 Å². The van der Waals surface area contributed by atoms with Gasteiger partial charge >= 0.3 is 0 Å². The Morgan fingerprint density at radius 3 is 2.00 bits per heavy atom. The van der Waals surface area contributed by atoms with E-state index in [1.807, 2.05) is 0 Å². The van der Waals surface area contributed by atoms with Crippen molar-refractivity contribution in [2.24, 2.45) is 0 Å². The predicted molar refractivity (Wildman–Crippen MR) is 62.7 cm³/mol. The van der Waals surface area contributed by atoms with Gasteiger partial charge in [0.15, 0.2) is 0 Å². The molecule has 0 radical (unpaired) electrons. The van der Waals surface area contributed by atoms with Gasteiger partial charge < -0.3 is 4.74 Å². The third-order valence-corrected chi connectivity index (χ3v) is 2.38. The first-order chi connectivity index (χ1) is 6.59. The Kier molecular flexibility index (Phi) is 8.20. The molecule has 0 N–H and O–H groups in total. The maximum atomic E-state index is 5.47. The van der Waals surface area contributed by atoms with Gasteiger partial charge in [0.25, 0.3) is 0 Å². The van der Waals surface area contributed by atoms with Gasteiger partial charge in [-0.2, -0.15) is 0 Å². The van der Waals surface area contributed by atoms with Crippen molar-refractivity contribution >= 4 is 0 Å². The van der Waals surface area contributed by atoms with Gasteiger partial charge in [0.2, 0.25) is 0 Å². The minimum absolute atomic E-state index is 0.640. The molecule has 0 saturated carbocycles. The molecule has 0 rings (SSSR count). The summed E-state index contributed by atoms with van der Waals surface area (Å²) in [6.07, 6.45) is 2.27. The maximum Gasteiger partial charge on any atom is 0.0478 e. The Balaban J connectivity index is 3.52. The highest BCUT2D eigenvalue weighted by Gasteiger charge is 2.11. The van der Waals surface area contributed by atoms with Crippen LogP contribution in [0.5, 0.6) is 0 Å². The second-order valence-corrected chi connectivity index (χ2v) is 4.39. The van der Waals surface area contributed by atoms with Crippen LogP contribution < -0.4 is 0 Å². The van der Waals surface area contributed by atoms with E-state index in [0.717, 1.165) is 32.6 Å². The van der Waals surface area contributed by atoms with Crippen molar-refractivity contribution in [2.75, 3.05) is 19.8 Å². The molecule has 0 aromatic heterocycles. The summed E-state index contributed by atoms with van der Waals surface area (Å²) in [7, 11) is 0. The normalized spacial score (nSPS) is 12.0. The Bertz CT molecular complexity index is 115. The van der Waals surface area contributed by atoms with E-state index in [-0.39, 0.29) is 0 Å². The number of nitrogens with zero attached hydrogens (tertiary/aromatic N) is 1. The van der Waals surface area contributed by atoms with Crippen molar-refractivity contribution in [3.8, 4) is 0 Å². The molecule has 0 unspecified atom stereocenters. The van der Waals surface area contributed by atoms with Crippen LogP contribution in [0.2, 0.25) is 0 Å². The molecule has 0 spiro atoms. The quantitative estimate of drug-likeness (QED) is 0.560. The molecule has 2 heteroatoms. The van der Waals surface area contributed by atoms with E-state index in [9.17, 15) is 0 Å². The van der Waals surface area contributed by atoms with E-state index in [1.165, 1.54) is 0 Å². The highest BCUT2D eigenvalue weighted by molar-refractivity contribution is 4.66. The van der Waals surface area contributed by atoms with Crippen LogP contribution >= 0.6 is 0 Å². The topological polar surface area (TPSA) is 12.5 Å². The van der Waals surface area contributed by atoms with Crippen molar-refractivity contribution in [3.63, 3.8) is 0 Å². The van der Waals surface area contributed by atoms with Crippen molar-refractivity contribution in [1.82, 2.24) is 4.90 Å². The summed E-state index contributed by atoms with van der Waals surface area (Å²) >= 11 is 0. The lowest BCUT2D eigenvalue weighted by atomic mass is 10.2. The molecule has 0 fully saturated rings. The minimum atomic E-state index is 0.640. The van der Waals surface area contributed by atoms with Gasteiger partial charge in [-0.3, -0.25) is 4.90 Å². The summed E-state index contributed by atoms with van der Waals surface area (Å²) in [4.78, 5) is 2.51. The lowest BCUT2D eigenvalue weighted by Gasteiger charge is -2.30. The van der Waals surface area contributed by atoms with Crippen LogP contribution in [0.15, 0.2) is 0 Å². The zero-order valence-corrected chi connectivity index (χ0v) is 10.5. The van der Waals surface area contributed by atoms with E-state index < -0.39 is 0 Å². The SMILES string of the molecule is CCCOCCCN(C(C)C)C(C)C. The number of ether oxygens (including phenoxy) is 1. The Morgan fingerprint density at radius 2 is 1.57 bits per heavy atom. The largest absolute Gasteiger partial charge is 0.381 e. The number of hydrogen-bond donors (Lipinski definition) is 0. The molecule has 0 aliphatic carbocycles. The highest BCUT2D eigenvalue weighted by atomic mass is 16.5. The number of rotatable bonds is 8. The van der Waals surface area contributed by atoms with Crippen LogP contribution in [0.1, 0.15) is 47.5 Å². The van der Waals surface area contributed by atoms with Gasteiger partial charge in [0.05, 0.1) is 0 Å². The third kappa shape index (κ3) is 6.39. The Morgan fingerprint density at radius 1 is 1.00 bits per heavy atom. The summed E-state index contributed by atoms with van der Waals surface area (Å²) in [5.41, 5.74) is 0. The van der Waals surface area contributed by atoms with E-state index in [2.05, 4.69) is 39.5 Å². The molecule has 0 aromatic carbocycles. The Hall–Kier alpha value is -0.0800. The summed E-state index contributed by atoms with van der Waals surface area (Å²) in [6.45, 7) is 14.1. The molecule has 0 heterocycles. The van der Waals surface area contributed by atoms with E-state index in [0.29, 0.717) is 12.1 Å². The fraction of sp³-hybridized carbons (Fsp3) is 1.00.